The van der Waals surface area contributed by atoms with Crippen LogP contribution in [0.4, 0.5) is 0 Å². The molecule has 0 radical (unpaired) electrons. The van der Waals surface area contributed by atoms with Crippen LogP contribution in [-0.4, -0.2) is 34.5 Å². The summed E-state index contributed by atoms with van der Waals surface area (Å²) >= 11 is 5.97. The molecule has 2 aromatic rings. The zero-order chi connectivity index (χ0) is 17.1. The van der Waals surface area contributed by atoms with E-state index in [2.05, 4.69) is 5.16 Å². The van der Waals surface area contributed by atoms with Gasteiger partial charge < -0.3 is 15.2 Å². The molecule has 1 saturated carbocycles. The highest BCUT2D eigenvalue weighted by Gasteiger charge is 2.30. The first-order chi connectivity index (χ1) is 11.5. The maximum absolute atomic E-state index is 12.7. The lowest BCUT2D eigenvalue weighted by Gasteiger charge is -2.26. The van der Waals surface area contributed by atoms with Gasteiger partial charge in [0.2, 0.25) is 5.91 Å². The van der Waals surface area contributed by atoms with Gasteiger partial charge in [-0.05, 0) is 25.0 Å². The van der Waals surface area contributed by atoms with Crippen molar-refractivity contribution in [3.8, 4) is 11.3 Å². The molecular weight excluding hydrogens is 330 g/mol. The van der Waals surface area contributed by atoms with Crippen molar-refractivity contribution in [1.29, 1.82) is 0 Å². The molecule has 3 rings (SSSR count). The van der Waals surface area contributed by atoms with E-state index in [4.69, 9.17) is 21.9 Å². The van der Waals surface area contributed by atoms with E-state index in [9.17, 15) is 9.59 Å². The number of halogens is 1. The Morgan fingerprint density at radius 3 is 2.71 bits per heavy atom. The number of carbonyl (C=O) groups is 2. The third-order valence-corrected chi connectivity index (χ3v) is 4.43. The lowest BCUT2D eigenvalue weighted by Crippen LogP contribution is -2.44. The van der Waals surface area contributed by atoms with Gasteiger partial charge in [-0.3, -0.25) is 9.59 Å². The largest absolute Gasteiger partial charge is 0.368 e. The molecule has 6 nitrogen and oxygen atoms in total. The standard InChI is InChI=1S/C17H18ClN3O3/c18-12-5-3-4-11(8-12)15-9-14(20-24-15)17(23)21(10-16(19)22)13-6-1-2-7-13/h3-5,8-9,13H,1-2,6-7,10H2,(H2,19,22). The number of nitrogens with zero attached hydrogens (tertiary/aromatic N) is 2. The number of aromatic nitrogens is 1. The highest BCUT2D eigenvalue weighted by Crippen LogP contribution is 2.27. The van der Waals surface area contributed by atoms with Crippen LogP contribution in [0, 0.1) is 0 Å². The minimum absolute atomic E-state index is 0.0244. The van der Waals surface area contributed by atoms with Crippen molar-refractivity contribution in [2.24, 2.45) is 5.73 Å². The van der Waals surface area contributed by atoms with Crippen molar-refractivity contribution in [2.45, 2.75) is 31.7 Å². The Hall–Kier alpha value is -2.34. The molecule has 0 unspecified atom stereocenters. The van der Waals surface area contributed by atoms with Gasteiger partial charge in [0.25, 0.3) is 5.91 Å². The predicted molar refractivity (Wildman–Crippen MR) is 89.4 cm³/mol. The number of rotatable bonds is 5. The Kier molecular flexibility index (Phi) is 4.85. The SMILES string of the molecule is NC(=O)CN(C(=O)c1cc(-c2cccc(Cl)c2)on1)C1CCCC1. The van der Waals surface area contributed by atoms with Crippen LogP contribution in [0.25, 0.3) is 11.3 Å². The van der Waals surface area contributed by atoms with Crippen molar-refractivity contribution in [3.05, 3.63) is 41.0 Å². The van der Waals surface area contributed by atoms with Crippen molar-refractivity contribution < 1.29 is 14.1 Å². The first-order valence-electron chi connectivity index (χ1n) is 7.86. The summed E-state index contributed by atoms with van der Waals surface area (Å²) < 4.78 is 5.27. The topological polar surface area (TPSA) is 89.4 Å². The molecule has 1 aromatic carbocycles. The Morgan fingerprint density at radius 2 is 2.04 bits per heavy atom. The van der Waals surface area contributed by atoms with Gasteiger partial charge in [-0.15, -0.1) is 0 Å². The number of benzene rings is 1. The Morgan fingerprint density at radius 1 is 1.29 bits per heavy atom. The van der Waals surface area contributed by atoms with Gasteiger partial charge in [-0.25, -0.2) is 0 Å². The molecule has 0 atom stereocenters. The zero-order valence-electron chi connectivity index (χ0n) is 13.1. The normalized spacial score (nSPS) is 14.7. The van der Waals surface area contributed by atoms with Crippen LogP contribution in [0.5, 0.6) is 0 Å². The second kappa shape index (κ2) is 7.05. The molecule has 0 spiro atoms. The number of nitrogens with two attached hydrogens (primary N) is 1. The summed E-state index contributed by atoms with van der Waals surface area (Å²) in [5, 5.41) is 4.43. The molecule has 2 amide bonds. The van der Waals surface area contributed by atoms with Gasteiger partial charge in [-0.2, -0.15) is 0 Å². The molecule has 24 heavy (non-hydrogen) atoms. The van der Waals surface area contributed by atoms with Crippen molar-refractivity contribution >= 4 is 23.4 Å². The molecule has 0 saturated heterocycles. The molecule has 0 aliphatic heterocycles. The summed E-state index contributed by atoms with van der Waals surface area (Å²) in [5.74, 6) is -0.419. The molecule has 1 aromatic heterocycles. The minimum Gasteiger partial charge on any atom is -0.368 e. The van der Waals surface area contributed by atoms with Crippen molar-refractivity contribution in [3.63, 3.8) is 0 Å². The fourth-order valence-corrected chi connectivity index (χ4v) is 3.24. The number of primary amides is 1. The van der Waals surface area contributed by atoms with Crippen LogP contribution in [0.1, 0.15) is 36.2 Å². The van der Waals surface area contributed by atoms with Gasteiger partial charge in [0.15, 0.2) is 11.5 Å². The summed E-state index contributed by atoms with van der Waals surface area (Å²) in [6.45, 7) is -0.108. The lowest BCUT2D eigenvalue weighted by atomic mass is 10.1. The van der Waals surface area contributed by atoms with Crippen LogP contribution in [0.2, 0.25) is 5.02 Å². The molecule has 126 valence electrons. The molecule has 2 N–H and O–H groups in total. The highest BCUT2D eigenvalue weighted by atomic mass is 35.5. The van der Waals surface area contributed by atoms with E-state index in [1.54, 1.807) is 24.3 Å². The van der Waals surface area contributed by atoms with Gasteiger partial charge in [-0.1, -0.05) is 41.7 Å². The Bertz CT molecular complexity index is 753. The van der Waals surface area contributed by atoms with Crippen LogP contribution in [-0.2, 0) is 4.79 Å². The van der Waals surface area contributed by atoms with E-state index >= 15 is 0 Å². The molecular formula is C17H18ClN3O3. The zero-order valence-corrected chi connectivity index (χ0v) is 13.8. The monoisotopic (exact) mass is 347 g/mol. The summed E-state index contributed by atoms with van der Waals surface area (Å²) in [5.41, 5.74) is 6.20. The summed E-state index contributed by atoms with van der Waals surface area (Å²) in [6, 6.07) is 8.68. The number of hydrogen-bond acceptors (Lipinski definition) is 4. The molecule has 1 fully saturated rings. The lowest BCUT2D eigenvalue weighted by molar-refractivity contribution is -0.119. The predicted octanol–water partition coefficient (Wildman–Crippen LogP) is 2.87. The first kappa shape index (κ1) is 16.5. The Labute approximate surface area is 144 Å². The molecule has 1 aliphatic rings. The summed E-state index contributed by atoms with van der Waals surface area (Å²) in [4.78, 5) is 25.6. The van der Waals surface area contributed by atoms with Gasteiger partial charge in [0, 0.05) is 22.7 Å². The average Bonchev–Trinajstić information content (AvgIpc) is 3.23. The smallest absolute Gasteiger partial charge is 0.276 e. The quantitative estimate of drug-likeness (QED) is 0.900. The molecule has 1 heterocycles. The third kappa shape index (κ3) is 3.59. The molecule has 1 aliphatic carbocycles. The minimum atomic E-state index is -0.534. The van der Waals surface area contributed by atoms with E-state index in [0.717, 1.165) is 31.2 Å². The van der Waals surface area contributed by atoms with E-state index in [1.807, 2.05) is 6.07 Å². The third-order valence-electron chi connectivity index (χ3n) is 4.19. The second-order valence-electron chi connectivity index (χ2n) is 5.92. The van der Waals surface area contributed by atoms with Crippen molar-refractivity contribution in [2.75, 3.05) is 6.54 Å². The first-order valence-corrected chi connectivity index (χ1v) is 8.24. The van der Waals surface area contributed by atoms with Gasteiger partial charge in [0.05, 0.1) is 6.54 Å². The van der Waals surface area contributed by atoms with Crippen LogP contribution < -0.4 is 5.73 Å². The summed E-state index contributed by atoms with van der Waals surface area (Å²) in [7, 11) is 0. The van der Waals surface area contributed by atoms with E-state index < -0.39 is 5.91 Å². The number of hydrogen-bond donors (Lipinski definition) is 1. The fraction of sp³-hybridized carbons (Fsp3) is 0.353. The van der Waals surface area contributed by atoms with Crippen LogP contribution >= 0.6 is 11.6 Å². The van der Waals surface area contributed by atoms with Crippen molar-refractivity contribution in [1.82, 2.24) is 10.1 Å². The summed E-state index contributed by atoms with van der Waals surface area (Å²) in [6.07, 6.45) is 3.83. The Balaban J connectivity index is 1.84. The average molecular weight is 348 g/mol. The maximum atomic E-state index is 12.7. The molecule has 0 bridgehead atoms. The fourth-order valence-electron chi connectivity index (χ4n) is 3.05. The van der Waals surface area contributed by atoms with E-state index in [1.165, 1.54) is 4.90 Å². The van der Waals surface area contributed by atoms with E-state index in [0.29, 0.717) is 10.8 Å². The number of amides is 2. The maximum Gasteiger partial charge on any atom is 0.276 e. The van der Waals surface area contributed by atoms with Crippen LogP contribution in [0.3, 0.4) is 0 Å². The molecule has 7 heteroatoms. The van der Waals surface area contributed by atoms with Gasteiger partial charge in [0.1, 0.15) is 0 Å². The second-order valence-corrected chi connectivity index (χ2v) is 6.36. The van der Waals surface area contributed by atoms with E-state index in [-0.39, 0.29) is 24.2 Å². The van der Waals surface area contributed by atoms with Crippen LogP contribution in [0.15, 0.2) is 34.9 Å². The highest BCUT2D eigenvalue weighted by molar-refractivity contribution is 6.30. The number of carbonyl (C=O) groups excluding carboxylic acids is 2. The van der Waals surface area contributed by atoms with Gasteiger partial charge >= 0.3 is 0 Å².